The molecule has 154 valence electrons. The van der Waals surface area contributed by atoms with E-state index < -0.39 is 6.09 Å². The first kappa shape index (κ1) is 20.7. The van der Waals surface area contributed by atoms with Gasteiger partial charge in [0.15, 0.2) is 0 Å². The number of ether oxygens (including phenoxy) is 2. The Kier molecular flexibility index (Phi) is 6.09. The lowest BCUT2D eigenvalue weighted by Crippen LogP contribution is -2.19. The van der Waals surface area contributed by atoms with Crippen molar-refractivity contribution >= 4 is 41.0 Å². The van der Waals surface area contributed by atoms with Crippen LogP contribution >= 0.6 is 12.4 Å². The van der Waals surface area contributed by atoms with Crippen molar-refractivity contribution in [2.75, 3.05) is 31.4 Å². The van der Waals surface area contributed by atoms with Crippen LogP contribution in [0.3, 0.4) is 0 Å². The van der Waals surface area contributed by atoms with Gasteiger partial charge in [-0.15, -0.1) is 12.4 Å². The molecule has 4 N–H and O–H groups in total. The molecule has 1 fully saturated rings. The zero-order chi connectivity index (χ0) is 19.7. The monoisotopic (exact) mass is 419 g/mol. The van der Waals surface area contributed by atoms with E-state index >= 15 is 0 Å². The summed E-state index contributed by atoms with van der Waals surface area (Å²) in [6, 6.07) is 5.54. The minimum absolute atomic E-state index is 0. The number of hydrogen-bond acceptors (Lipinski definition) is 6. The molecule has 4 rings (SSSR count). The number of hydrogen-bond donors (Lipinski definition) is 3. The third kappa shape index (κ3) is 3.92. The summed E-state index contributed by atoms with van der Waals surface area (Å²) in [4.78, 5) is 19.6. The van der Waals surface area contributed by atoms with Crippen molar-refractivity contribution in [1.29, 1.82) is 0 Å². The molecular weight excluding hydrogens is 398 g/mol. The molecule has 0 saturated carbocycles. The van der Waals surface area contributed by atoms with Crippen LogP contribution in [0.1, 0.15) is 18.9 Å². The number of aromatic nitrogens is 3. The Bertz CT molecular complexity index is 1030. The van der Waals surface area contributed by atoms with Gasteiger partial charge in [0.1, 0.15) is 23.5 Å². The highest BCUT2D eigenvalue weighted by molar-refractivity contribution is 6.01. The second kappa shape index (κ2) is 8.54. The van der Waals surface area contributed by atoms with Crippen LogP contribution in [0.4, 0.5) is 16.3 Å². The number of methoxy groups -OCH3 is 1. The highest BCUT2D eigenvalue weighted by Crippen LogP contribution is 2.38. The Morgan fingerprint density at radius 1 is 1.34 bits per heavy atom. The maximum atomic E-state index is 11.0. The molecule has 0 aliphatic carbocycles. The van der Waals surface area contributed by atoms with Crippen LogP contribution in [0.15, 0.2) is 30.7 Å². The van der Waals surface area contributed by atoms with Gasteiger partial charge in [0.05, 0.1) is 18.2 Å². The van der Waals surface area contributed by atoms with Crippen LogP contribution in [-0.2, 0) is 4.74 Å². The molecule has 0 atom stereocenters. The fraction of sp³-hybridized carbons (Fsp3) is 0.316. The number of halogens is 1. The highest BCUT2D eigenvalue weighted by Gasteiger charge is 2.22. The predicted molar refractivity (Wildman–Crippen MR) is 112 cm³/mol. The molecule has 1 aliphatic rings. The standard InChI is InChI=1S/C19H21N5O4.ClH/c1-27-15-8-11(2-3-14(15)23-19(25)26)13-9-24(12-4-6-28-7-5-12)18-16(13)17(20)21-10-22-18;/h2-3,8-10,12,23H,4-7H2,1H3,(H,25,26)(H2,20,21,22);1H. The quantitative estimate of drug-likeness (QED) is 0.590. The average Bonchev–Trinajstić information content (AvgIpc) is 3.09. The number of benzene rings is 1. The van der Waals surface area contributed by atoms with Crippen molar-refractivity contribution in [3.63, 3.8) is 0 Å². The Labute approximate surface area is 173 Å². The molecule has 2 aromatic heterocycles. The highest BCUT2D eigenvalue weighted by atomic mass is 35.5. The van der Waals surface area contributed by atoms with E-state index in [1.54, 1.807) is 12.1 Å². The third-order valence-corrected chi connectivity index (χ3v) is 4.98. The summed E-state index contributed by atoms with van der Waals surface area (Å²) in [7, 11) is 1.49. The van der Waals surface area contributed by atoms with Crippen molar-refractivity contribution < 1.29 is 19.4 Å². The van der Waals surface area contributed by atoms with Crippen LogP contribution in [0, 0.1) is 0 Å². The fourth-order valence-corrected chi connectivity index (χ4v) is 3.65. The van der Waals surface area contributed by atoms with Crippen molar-refractivity contribution in [3.05, 3.63) is 30.7 Å². The van der Waals surface area contributed by atoms with Gasteiger partial charge in [0.25, 0.3) is 0 Å². The predicted octanol–water partition coefficient (Wildman–Crippen LogP) is 3.55. The number of nitrogens with zero attached hydrogens (tertiary/aromatic N) is 3. The van der Waals surface area contributed by atoms with E-state index in [0.29, 0.717) is 30.5 Å². The number of carboxylic acid groups (broad SMARTS) is 1. The molecule has 1 aromatic carbocycles. The van der Waals surface area contributed by atoms with Gasteiger partial charge in [-0.1, -0.05) is 6.07 Å². The van der Waals surface area contributed by atoms with Crippen molar-refractivity contribution in [1.82, 2.24) is 14.5 Å². The van der Waals surface area contributed by atoms with E-state index in [1.807, 2.05) is 12.3 Å². The Hall–Kier alpha value is -3.04. The molecule has 29 heavy (non-hydrogen) atoms. The van der Waals surface area contributed by atoms with Gasteiger partial charge < -0.3 is 24.9 Å². The first-order valence-corrected chi connectivity index (χ1v) is 8.95. The SMILES string of the molecule is COc1cc(-c2cn(C3CCOCC3)c3ncnc(N)c23)ccc1NC(=O)O.Cl. The van der Waals surface area contributed by atoms with E-state index in [-0.39, 0.29) is 18.4 Å². The number of fused-ring (bicyclic) bond motifs is 1. The number of nitrogens with two attached hydrogens (primary N) is 1. The second-order valence-electron chi connectivity index (χ2n) is 6.60. The Morgan fingerprint density at radius 2 is 2.10 bits per heavy atom. The molecule has 0 radical (unpaired) electrons. The molecule has 0 unspecified atom stereocenters. The van der Waals surface area contributed by atoms with Crippen LogP contribution in [-0.4, -0.2) is 46.1 Å². The fourth-order valence-electron chi connectivity index (χ4n) is 3.65. The zero-order valence-corrected chi connectivity index (χ0v) is 16.6. The maximum absolute atomic E-state index is 11.0. The van der Waals surface area contributed by atoms with Crippen LogP contribution < -0.4 is 15.8 Å². The van der Waals surface area contributed by atoms with Crippen LogP contribution in [0.5, 0.6) is 5.75 Å². The normalized spacial score (nSPS) is 14.4. The largest absolute Gasteiger partial charge is 0.495 e. The summed E-state index contributed by atoms with van der Waals surface area (Å²) >= 11 is 0. The minimum Gasteiger partial charge on any atom is -0.495 e. The van der Waals surface area contributed by atoms with Gasteiger partial charge in [0.2, 0.25) is 0 Å². The first-order chi connectivity index (χ1) is 13.6. The molecule has 1 aliphatic heterocycles. The molecule has 0 bridgehead atoms. The van der Waals surface area contributed by atoms with E-state index in [9.17, 15) is 4.79 Å². The molecule has 3 aromatic rings. The molecular formula is C19H22ClN5O4. The number of rotatable bonds is 4. The summed E-state index contributed by atoms with van der Waals surface area (Å²) in [5.41, 5.74) is 9.06. The molecule has 3 heterocycles. The second-order valence-corrected chi connectivity index (χ2v) is 6.60. The maximum Gasteiger partial charge on any atom is 0.409 e. The van der Waals surface area contributed by atoms with Crippen molar-refractivity contribution in [3.8, 4) is 16.9 Å². The molecule has 10 heteroatoms. The topological polar surface area (TPSA) is 125 Å². The van der Waals surface area contributed by atoms with Crippen LogP contribution in [0.2, 0.25) is 0 Å². The van der Waals surface area contributed by atoms with E-state index in [1.165, 1.54) is 13.4 Å². The smallest absolute Gasteiger partial charge is 0.409 e. The lowest BCUT2D eigenvalue weighted by molar-refractivity contribution is 0.0706. The molecule has 9 nitrogen and oxygen atoms in total. The number of anilines is 2. The minimum atomic E-state index is -1.15. The summed E-state index contributed by atoms with van der Waals surface area (Å²) in [5, 5.41) is 12.1. The number of carbonyl (C=O) groups is 1. The molecule has 0 spiro atoms. The van der Waals surface area contributed by atoms with Crippen molar-refractivity contribution in [2.45, 2.75) is 18.9 Å². The van der Waals surface area contributed by atoms with E-state index in [2.05, 4.69) is 19.9 Å². The summed E-state index contributed by atoms with van der Waals surface area (Å²) in [6.07, 6.45) is 4.15. The Morgan fingerprint density at radius 3 is 2.79 bits per heavy atom. The summed E-state index contributed by atoms with van der Waals surface area (Å²) in [5.74, 6) is 0.819. The van der Waals surface area contributed by atoms with E-state index in [4.69, 9.17) is 20.3 Å². The lowest BCUT2D eigenvalue weighted by Gasteiger charge is -2.24. The number of nitrogens with one attached hydrogen (secondary N) is 1. The van der Waals surface area contributed by atoms with Crippen molar-refractivity contribution in [2.24, 2.45) is 0 Å². The first-order valence-electron chi connectivity index (χ1n) is 8.95. The van der Waals surface area contributed by atoms with Gasteiger partial charge in [-0.3, -0.25) is 5.32 Å². The Balaban J connectivity index is 0.00000240. The zero-order valence-electron chi connectivity index (χ0n) is 15.8. The third-order valence-electron chi connectivity index (χ3n) is 4.98. The van der Waals surface area contributed by atoms with Gasteiger partial charge in [-0.05, 0) is 30.5 Å². The van der Waals surface area contributed by atoms with Gasteiger partial charge >= 0.3 is 6.09 Å². The number of nitrogen functional groups attached to an aromatic ring is 1. The number of amides is 1. The van der Waals surface area contributed by atoms with Gasteiger partial charge in [-0.2, -0.15) is 0 Å². The lowest BCUT2D eigenvalue weighted by atomic mass is 10.0. The van der Waals surface area contributed by atoms with Gasteiger partial charge in [-0.25, -0.2) is 14.8 Å². The van der Waals surface area contributed by atoms with Crippen LogP contribution in [0.25, 0.3) is 22.2 Å². The molecule has 1 saturated heterocycles. The summed E-state index contributed by atoms with van der Waals surface area (Å²) in [6.45, 7) is 1.42. The van der Waals surface area contributed by atoms with Gasteiger partial charge in [0, 0.05) is 31.0 Å². The van der Waals surface area contributed by atoms with E-state index in [0.717, 1.165) is 35.0 Å². The summed E-state index contributed by atoms with van der Waals surface area (Å²) < 4.78 is 13.0. The average molecular weight is 420 g/mol. The molecule has 1 amide bonds.